The van der Waals surface area contributed by atoms with Gasteiger partial charge in [0.05, 0.1) is 0 Å². The molecule has 2 rings (SSSR count). The van der Waals surface area contributed by atoms with E-state index in [-0.39, 0.29) is 6.04 Å². The molecule has 1 aromatic carbocycles. The standard InChI is InChI=1S/C15H19F2N3/c1-3-5-20-6-4-19-15(20)10-14(18-2)11-7-12(16)9-13(17)8-11/h4,6-9,14,18H,3,5,10H2,1-2H3. The number of imidazole rings is 1. The van der Waals surface area contributed by atoms with E-state index in [1.807, 2.05) is 6.20 Å². The fraction of sp³-hybridized carbons (Fsp3) is 0.400. The lowest BCUT2D eigenvalue weighted by molar-refractivity contribution is 0.527. The lowest BCUT2D eigenvalue weighted by atomic mass is 10.0. The summed E-state index contributed by atoms with van der Waals surface area (Å²) in [6.45, 7) is 2.99. The normalized spacial score (nSPS) is 12.6. The van der Waals surface area contributed by atoms with E-state index in [9.17, 15) is 8.78 Å². The number of halogens is 2. The molecule has 0 aliphatic carbocycles. The minimum atomic E-state index is -0.558. The van der Waals surface area contributed by atoms with Crippen LogP contribution in [0.25, 0.3) is 0 Å². The molecule has 0 fully saturated rings. The number of nitrogens with zero attached hydrogens (tertiary/aromatic N) is 2. The first-order valence-electron chi connectivity index (χ1n) is 6.77. The third-order valence-corrected chi connectivity index (χ3v) is 3.29. The van der Waals surface area contributed by atoms with Gasteiger partial charge in [-0.3, -0.25) is 0 Å². The van der Waals surface area contributed by atoms with E-state index < -0.39 is 11.6 Å². The summed E-state index contributed by atoms with van der Waals surface area (Å²) in [6, 6.07) is 3.43. The van der Waals surface area contributed by atoms with Gasteiger partial charge in [0.25, 0.3) is 0 Å². The maximum atomic E-state index is 13.3. The summed E-state index contributed by atoms with van der Waals surface area (Å²) >= 11 is 0. The van der Waals surface area contributed by atoms with Gasteiger partial charge in [0.2, 0.25) is 0 Å². The smallest absolute Gasteiger partial charge is 0.126 e. The molecule has 3 nitrogen and oxygen atoms in total. The van der Waals surface area contributed by atoms with Gasteiger partial charge in [0, 0.05) is 37.5 Å². The third kappa shape index (κ3) is 3.42. The van der Waals surface area contributed by atoms with Crippen LogP contribution in [0.2, 0.25) is 0 Å². The van der Waals surface area contributed by atoms with Crippen molar-refractivity contribution in [3.63, 3.8) is 0 Å². The van der Waals surface area contributed by atoms with Crippen molar-refractivity contribution in [3.05, 3.63) is 53.6 Å². The zero-order valence-corrected chi connectivity index (χ0v) is 11.7. The topological polar surface area (TPSA) is 29.9 Å². The zero-order valence-electron chi connectivity index (χ0n) is 11.7. The van der Waals surface area contributed by atoms with Gasteiger partial charge >= 0.3 is 0 Å². The highest BCUT2D eigenvalue weighted by atomic mass is 19.1. The van der Waals surface area contributed by atoms with Gasteiger partial charge in [-0.1, -0.05) is 6.92 Å². The zero-order chi connectivity index (χ0) is 14.5. The van der Waals surface area contributed by atoms with E-state index in [0.717, 1.165) is 24.9 Å². The molecule has 2 aromatic rings. The van der Waals surface area contributed by atoms with Crippen molar-refractivity contribution in [2.24, 2.45) is 0 Å². The Hall–Kier alpha value is -1.75. The molecule has 0 aliphatic rings. The molecular weight excluding hydrogens is 260 g/mol. The monoisotopic (exact) mass is 279 g/mol. The molecular formula is C15H19F2N3. The minimum Gasteiger partial charge on any atom is -0.335 e. The molecule has 1 aromatic heterocycles. The molecule has 1 heterocycles. The Morgan fingerprint density at radius 2 is 1.95 bits per heavy atom. The van der Waals surface area contributed by atoms with E-state index in [0.29, 0.717) is 12.0 Å². The largest absolute Gasteiger partial charge is 0.335 e. The van der Waals surface area contributed by atoms with Gasteiger partial charge in [-0.15, -0.1) is 0 Å². The first kappa shape index (κ1) is 14.7. The van der Waals surface area contributed by atoms with Crippen LogP contribution >= 0.6 is 0 Å². The average molecular weight is 279 g/mol. The maximum absolute atomic E-state index is 13.3. The van der Waals surface area contributed by atoms with Crippen LogP contribution in [0.5, 0.6) is 0 Å². The molecule has 0 saturated carbocycles. The summed E-state index contributed by atoms with van der Waals surface area (Å²) in [5, 5.41) is 3.09. The van der Waals surface area contributed by atoms with Crippen LogP contribution < -0.4 is 5.32 Å². The van der Waals surface area contributed by atoms with E-state index in [1.54, 1.807) is 13.2 Å². The molecule has 20 heavy (non-hydrogen) atoms. The molecule has 108 valence electrons. The second-order valence-corrected chi connectivity index (χ2v) is 4.79. The van der Waals surface area contributed by atoms with Crippen molar-refractivity contribution in [1.29, 1.82) is 0 Å². The Morgan fingerprint density at radius 3 is 2.55 bits per heavy atom. The number of benzene rings is 1. The highest BCUT2D eigenvalue weighted by Crippen LogP contribution is 2.20. The number of likely N-dealkylation sites (N-methyl/N-ethyl adjacent to an activating group) is 1. The predicted molar refractivity (Wildman–Crippen MR) is 74.4 cm³/mol. The minimum absolute atomic E-state index is 0.168. The Labute approximate surface area is 117 Å². The van der Waals surface area contributed by atoms with Crippen LogP contribution in [0.1, 0.15) is 30.8 Å². The molecule has 5 heteroatoms. The lowest BCUT2D eigenvalue weighted by Crippen LogP contribution is -2.21. The number of aryl methyl sites for hydroxylation is 1. The van der Waals surface area contributed by atoms with Crippen molar-refractivity contribution in [2.45, 2.75) is 32.4 Å². The van der Waals surface area contributed by atoms with Crippen molar-refractivity contribution >= 4 is 0 Å². The summed E-state index contributed by atoms with van der Waals surface area (Å²) in [5.74, 6) is -0.204. The SMILES string of the molecule is CCCn1ccnc1CC(NC)c1cc(F)cc(F)c1. The summed E-state index contributed by atoms with van der Waals surface area (Å²) in [5.41, 5.74) is 0.594. The second-order valence-electron chi connectivity index (χ2n) is 4.79. The van der Waals surface area contributed by atoms with Gasteiger partial charge in [0.15, 0.2) is 0 Å². The fourth-order valence-electron chi connectivity index (χ4n) is 2.32. The van der Waals surface area contributed by atoms with Crippen molar-refractivity contribution < 1.29 is 8.78 Å². The van der Waals surface area contributed by atoms with Crippen molar-refractivity contribution in [3.8, 4) is 0 Å². The Bertz CT molecular complexity index is 546. The number of rotatable bonds is 6. The van der Waals surface area contributed by atoms with Crippen LogP contribution in [-0.4, -0.2) is 16.6 Å². The molecule has 0 amide bonds. The fourth-order valence-corrected chi connectivity index (χ4v) is 2.32. The van der Waals surface area contributed by atoms with E-state index in [1.165, 1.54) is 12.1 Å². The quantitative estimate of drug-likeness (QED) is 0.880. The Balaban J connectivity index is 2.22. The molecule has 1 N–H and O–H groups in total. The van der Waals surface area contributed by atoms with E-state index >= 15 is 0 Å². The number of nitrogens with one attached hydrogen (secondary N) is 1. The van der Waals surface area contributed by atoms with Crippen LogP contribution in [0.4, 0.5) is 8.78 Å². The van der Waals surface area contributed by atoms with Crippen LogP contribution in [0.3, 0.4) is 0 Å². The van der Waals surface area contributed by atoms with Crippen LogP contribution in [-0.2, 0) is 13.0 Å². The van der Waals surface area contributed by atoms with Crippen molar-refractivity contribution in [2.75, 3.05) is 7.05 Å². The Kier molecular flexibility index (Phi) is 4.84. The Morgan fingerprint density at radius 1 is 1.25 bits per heavy atom. The van der Waals surface area contributed by atoms with Crippen molar-refractivity contribution in [1.82, 2.24) is 14.9 Å². The molecule has 0 aliphatic heterocycles. The average Bonchev–Trinajstić information content (AvgIpc) is 2.82. The van der Waals surface area contributed by atoms with Gasteiger partial charge in [-0.05, 0) is 31.2 Å². The van der Waals surface area contributed by atoms with Crippen LogP contribution in [0.15, 0.2) is 30.6 Å². The number of aromatic nitrogens is 2. The highest BCUT2D eigenvalue weighted by Gasteiger charge is 2.15. The summed E-state index contributed by atoms with van der Waals surface area (Å²) in [4.78, 5) is 4.33. The summed E-state index contributed by atoms with van der Waals surface area (Å²) in [6.07, 6.45) is 5.29. The second kappa shape index (κ2) is 6.61. The first-order chi connectivity index (χ1) is 9.63. The lowest BCUT2D eigenvalue weighted by Gasteiger charge is -2.17. The predicted octanol–water partition coefficient (Wildman–Crippen LogP) is 3.07. The molecule has 0 bridgehead atoms. The van der Waals surface area contributed by atoms with E-state index in [4.69, 9.17) is 0 Å². The first-order valence-corrected chi connectivity index (χ1v) is 6.77. The van der Waals surface area contributed by atoms with E-state index in [2.05, 4.69) is 21.8 Å². The molecule has 1 unspecified atom stereocenters. The third-order valence-electron chi connectivity index (χ3n) is 3.29. The summed E-state index contributed by atoms with van der Waals surface area (Å²) < 4.78 is 28.7. The molecule has 1 atom stereocenters. The van der Waals surface area contributed by atoms with Gasteiger partial charge in [-0.2, -0.15) is 0 Å². The molecule has 0 saturated heterocycles. The number of hydrogen-bond donors (Lipinski definition) is 1. The number of hydrogen-bond acceptors (Lipinski definition) is 2. The van der Waals surface area contributed by atoms with Gasteiger partial charge in [0.1, 0.15) is 17.5 Å². The highest BCUT2D eigenvalue weighted by molar-refractivity contribution is 5.22. The summed E-state index contributed by atoms with van der Waals surface area (Å²) in [7, 11) is 1.78. The molecule has 0 spiro atoms. The molecule has 0 radical (unpaired) electrons. The van der Waals surface area contributed by atoms with Gasteiger partial charge in [-0.25, -0.2) is 13.8 Å². The maximum Gasteiger partial charge on any atom is 0.126 e. The van der Waals surface area contributed by atoms with Crippen LogP contribution in [0, 0.1) is 11.6 Å². The van der Waals surface area contributed by atoms with Gasteiger partial charge < -0.3 is 9.88 Å².